The van der Waals surface area contributed by atoms with Crippen LogP contribution in [0.4, 0.5) is 5.82 Å². The van der Waals surface area contributed by atoms with E-state index < -0.39 is 0 Å². The van der Waals surface area contributed by atoms with Crippen molar-refractivity contribution in [1.82, 2.24) is 9.97 Å². The molecule has 1 unspecified atom stereocenters. The van der Waals surface area contributed by atoms with Crippen LogP contribution in [-0.2, 0) is 9.53 Å². The predicted molar refractivity (Wildman–Crippen MR) is 65.7 cm³/mol. The van der Waals surface area contributed by atoms with E-state index in [1.807, 2.05) is 6.92 Å². The van der Waals surface area contributed by atoms with Crippen molar-refractivity contribution >= 4 is 11.8 Å². The Morgan fingerprint density at radius 1 is 1.47 bits per heavy atom. The molecule has 1 heterocycles. The molecule has 5 heteroatoms. The lowest BCUT2D eigenvalue weighted by molar-refractivity contribution is -0.141. The Hall–Kier alpha value is -1.65. The van der Waals surface area contributed by atoms with Gasteiger partial charge in [-0.1, -0.05) is 13.8 Å². The lowest BCUT2D eigenvalue weighted by atomic mass is 10.0. The van der Waals surface area contributed by atoms with Gasteiger partial charge in [-0.15, -0.1) is 0 Å². The number of methoxy groups -OCH3 is 1. The molecule has 1 aromatic heterocycles. The summed E-state index contributed by atoms with van der Waals surface area (Å²) in [6.07, 6.45) is 2.18. The third-order valence-corrected chi connectivity index (χ3v) is 2.32. The van der Waals surface area contributed by atoms with Crippen molar-refractivity contribution < 1.29 is 9.53 Å². The van der Waals surface area contributed by atoms with Crippen molar-refractivity contribution in [3.05, 3.63) is 18.1 Å². The number of esters is 1. The first kappa shape index (κ1) is 13.4. The fourth-order valence-electron chi connectivity index (χ4n) is 1.54. The van der Waals surface area contributed by atoms with Gasteiger partial charge in [0.15, 0.2) is 0 Å². The lowest BCUT2D eigenvalue weighted by Crippen LogP contribution is -2.32. The van der Waals surface area contributed by atoms with Gasteiger partial charge in [0.2, 0.25) is 0 Å². The van der Waals surface area contributed by atoms with Gasteiger partial charge >= 0.3 is 5.97 Å². The molecule has 0 aliphatic carbocycles. The Morgan fingerprint density at radius 3 is 2.71 bits per heavy atom. The summed E-state index contributed by atoms with van der Waals surface area (Å²) in [5, 5.41) is 3.08. The number of hydrogen-bond acceptors (Lipinski definition) is 5. The Balaban J connectivity index is 2.75. The molecule has 1 atom stereocenters. The van der Waals surface area contributed by atoms with Gasteiger partial charge in [-0.3, -0.25) is 0 Å². The first-order valence-electron chi connectivity index (χ1n) is 5.66. The summed E-state index contributed by atoms with van der Waals surface area (Å²) in [7, 11) is 1.39. The normalized spacial score (nSPS) is 12.3. The number of aryl methyl sites for hydroxylation is 1. The van der Waals surface area contributed by atoms with Gasteiger partial charge in [-0.25, -0.2) is 14.8 Å². The Kier molecular flexibility index (Phi) is 4.87. The monoisotopic (exact) mass is 237 g/mol. The van der Waals surface area contributed by atoms with E-state index in [2.05, 4.69) is 29.1 Å². The SMILES string of the molecule is COC(=O)C(CC(C)C)Nc1cc(C)ncn1. The first-order valence-corrected chi connectivity index (χ1v) is 5.66. The molecule has 0 aliphatic rings. The number of carbonyl (C=O) groups excluding carboxylic acids is 1. The van der Waals surface area contributed by atoms with Gasteiger partial charge in [-0.05, 0) is 19.3 Å². The average molecular weight is 237 g/mol. The zero-order chi connectivity index (χ0) is 12.8. The molecule has 94 valence electrons. The molecule has 1 N–H and O–H groups in total. The molecule has 0 spiro atoms. The van der Waals surface area contributed by atoms with Gasteiger partial charge in [-0.2, -0.15) is 0 Å². The highest BCUT2D eigenvalue weighted by molar-refractivity contribution is 5.78. The molecular weight excluding hydrogens is 218 g/mol. The van der Waals surface area contributed by atoms with Gasteiger partial charge in [0.05, 0.1) is 7.11 Å². The first-order chi connectivity index (χ1) is 8.02. The molecule has 0 saturated carbocycles. The third-order valence-electron chi connectivity index (χ3n) is 2.32. The maximum Gasteiger partial charge on any atom is 0.328 e. The number of nitrogens with one attached hydrogen (secondary N) is 1. The summed E-state index contributed by atoms with van der Waals surface area (Å²) in [5.41, 5.74) is 0.857. The fourth-order valence-corrected chi connectivity index (χ4v) is 1.54. The van der Waals surface area contributed by atoms with Crippen LogP contribution in [-0.4, -0.2) is 29.1 Å². The van der Waals surface area contributed by atoms with E-state index in [9.17, 15) is 4.79 Å². The van der Waals surface area contributed by atoms with Gasteiger partial charge in [0, 0.05) is 11.8 Å². The van der Waals surface area contributed by atoms with Gasteiger partial charge in [0.1, 0.15) is 18.2 Å². The van der Waals surface area contributed by atoms with E-state index in [0.29, 0.717) is 18.2 Å². The van der Waals surface area contributed by atoms with Crippen LogP contribution in [0.15, 0.2) is 12.4 Å². The van der Waals surface area contributed by atoms with Crippen molar-refractivity contribution in [2.75, 3.05) is 12.4 Å². The molecule has 0 aliphatic heterocycles. The van der Waals surface area contributed by atoms with E-state index in [1.54, 1.807) is 6.07 Å². The number of carbonyl (C=O) groups is 1. The van der Waals surface area contributed by atoms with E-state index in [0.717, 1.165) is 5.69 Å². The molecule has 0 amide bonds. The Labute approximate surface area is 102 Å². The maximum atomic E-state index is 11.6. The molecule has 0 saturated heterocycles. The van der Waals surface area contributed by atoms with Gasteiger partial charge < -0.3 is 10.1 Å². The maximum absolute atomic E-state index is 11.6. The molecule has 0 radical (unpaired) electrons. The molecule has 0 fully saturated rings. The van der Waals surface area contributed by atoms with Crippen molar-refractivity contribution in [2.24, 2.45) is 5.92 Å². The number of ether oxygens (including phenoxy) is 1. The zero-order valence-corrected chi connectivity index (χ0v) is 10.7. The van der Waals surface area contributed by atoms with Crippen LogP contribution in [0, 0.1) is 12.8 Å². The highest BCUT2D eigenvalue weighted by atomic mass is 16.5. The molecule has 0 bridgehead atoms. The molecule has 0 aromatic carbocycles. The molecular formula is C12H19N3O2. The molecule has 1 aromatic rings. The van der Waals surface area contributed by atoms with Crippen molar-refractivity contribution in [1.29, 1.82) is 0 Å². The standard InChI is InChI=1S/C12H19N3O2/c1-8(2)5-10(12(16)17-4)15-11-6-9(3)13-7-14-11/h6-8,10H,5H2,1-4H3,(H,13,14,15). The molecule has 17 heavy (non-hydrogen) atoms. The summed E-state index contributed by atoms with van der Waals surface area (Å²) in [4.78, 5) is 19.7. The lowest BCUT2D eigenvalue weighted by Gasteiger charge is -2.18. The van der Waals surface area contributed by atoms with Crippen molar-refractivity contribution in [3.63, 3.8) is 0 Å². The highest BCUT2D eigenvalue weighted by Gasteiger charge is 2.20. The van der Waals surface area contributed by atoms with Gasteiger partial charge in [0.25, 0.3) is 0 Å². The van der Waals surface area contributed by atoms with E-state index in [1.165, 1.54) is 13.4 Å². The summed E-state index contributed by atoms with van der Waals surface area (Å²) in [6, 6.07) is 1.44. The quantitative estimate of drug-likeness (QED) is 0.791. The number of anilines is 1. The summed E-state index contributed by atoms with van der Waals surface area (Å²) in [5.74, 6) is 0.776. The minimum absolute atomic E-state index is 0.269. The number of rotatable bonds is 5. The van der Waals surface area contributed by atoms with Crippen LogP contribution >= 0.6 is 0 Å². The summed E-state index contributed by atoms with van der Waals surface area (Å²) in [6.45, 7) is 5.99. The molecule has 1 rings (SSSR count). The number of hydrogen-bond donors (Lipinski definition) is 1. The molecule has 5 nitrogen and oxygen atoms in total. The second kappa shape index (κ2) is 6.18. The minimum atomic E-state index is -0.366. The smallest absolute Gasteiger partial charge is 0.328 e. The minimum Gasteiger partial charge on any atom is -0.467 e. The zero-order valence-electron chi connectivity index (χ0n) is 10.7. The second-order valence-corrected chi connectivity index (χ2v) is 4.39. The topological polar surface area (TPSA) is 64.1 Å². The Morgan fingerprint density at radius 2 is 2.18 bits per heavy atom. The Bertz CT molecular complexity index is 380. The van der Waals surface area contributed by atoms with Crippen LogP contribution in [0.5, 0.6) is 0 Å². The van der Waals surface area contributed by atoms with Crippen LogP contribution in [0.1, 0.15) is 26.0 Å². The average Bonchev–Trinajstić information content (AvgIpc) is 2.26. The third kappa shape index (κ3) is 4.38. The second-order valence-electron chi connectivity index (χ2n) is 4.39. The van der Waals surface area contributed by atoms with Crippen LogP contribution in [0.25, 0.3) is 0 Å². The van der Waals surface area contributed by atoms with E-state index in [4.69, 9.17) is 4.74 Å². The highest BCUT2D eigenvalue weighted by Crippen LogP contribution is 2.12. The van der Waals surface area contributed by atoms with E-state index >= 15 is 0 Å². The summed E-state index contributed by atoms with van der Waals surface area (Å²) >= 11 is 0. The number of aromatic nitrogens is 2. The van der Waals surface area contributed by atoms with Crippen molar-refractivity contribution in [3.8, 4) is 0 Å². The predicted octanol–water partition coefficient (Wildman–Crippen LogP) is 1.78. The van der Waals surface area contributed by atoms with Crippen molar-refractivity contribution in [2.45, 2.75) is 33.2 Å². The van der Waals surface area contributed by atoms with Crippen LogP contribution in [0.2, 0.25) is 0 Å². The summed E-state index contributed by atoms with van der Waals surface area (Å²) < 4.78 is 4.77. The van der Waals surface area contributed by atoms with Crippen LogP contribution in [0.3, 0.4) is 0 Å². The fraction of sp³-hybridized carbons (Fsp3) is 0.583. The largest absolute Gasteiger partial charge is 0.467 e. The number of nitrogens with zero attached hydrogens (tertiary/aromatic N) is 2. The van der Waals surface area contributed by atoms with E-state index in [-0.39, 0.29) is 12.0 Å². The van der Waals surface area contributed by atoms with Crippen LogP contribution < -0.4 is 5.32 Å².